The molecule has 0 spiro atoms. The molecule has 2 aromatic heterocycles. The summed E-state index contributed by atoms with van der Waals surface area (Å²) in [5.41, 5.74) is 2.14. The monoisotopic (exact) mass is 493 g/mol. The Morgan fingerprint density at radius 2 is 2.06 bits per heavy atom. The predicted molar refractivity (Wildman–Crippen MR) is 130 cm³/mol. The van der Waals surface area contributed by atoms with Crippen LogP contribution in [0.4, 0.5) is 4.39 Å². The van der Waals surface area contributed by atoms with Crippen LogP contribution in [-0.2, 0) is 34.8 Å². The second-order valence-corrected chi connectivity index (χ2v) is 10.2. The van der Waals surface area contributed by atoms with Crippen LogP contribution in [0.3, 0.4) is 0 Å². The third-order valence-electron chi connectivity index (χ3n) is 7.95. The van der Waals surface area contributed by atoms with Crippen molar-refractivity contribution in [2.24, 2.45) is 0 Å². The fourth-order valence-corrected chi connectivity index (χ4v) is 5.87. The Bertz CT molecular complexity index is 1500. The Morgan fingerprint density at radius 3 is 2.81 bits per heavy atom. The fourth-order valence-electron chi connectivity index (χ4n) is 5.87. The molecule has 1 saturated heterocycles. The highest BCUT2D eigenvalue weighted by Crippen LogP contribution is 2.41. The van der Waals surface area contributed by atoms with Gasteiger partial charge in [-0.05, 0) is 56.0 Å². The fraction of sp³-hybridized carbons (Fsp3) is 0.444. The van der Waals surface area contributed by atoms with E-state index in [1.54, 1.807) is 30.5 Å². The number of carbonyl (C=O) groups is 1. The number of likely N-dealkylation sites (tertiary alicyclic amines) is 1. The van der Waals surface area contributed by atoms with E-state index in [4.69, 9.17) is 9.72 Å². The molecule has 0 radical (unpaired) electrons. The molecule has 5 heterocycles. The molecule has 1 fully saturated rings. The third kappa shape index (κ3) is 3.33. The molecule has 9 heteroatoms. The van der Waals surface area contributed by atoms with Crippen LogP contribution in [0.5, 0.6) is 0 Å². The van der Waals surface area contributed by atoms with Gasteiger partial charge in [-0.2, -0.15) is 0 Å². The van der Waals surface area contributed by atoms with Crippen molar-refractivity contribution in [2.45, 2.75) is 64.5 Å². The number of aliphatic hydroxyl groups is 2. The summed E-state index contributed by atoms with van der Waals surface area (Å²) in [5.74, 6) is -1.13. The highest BCUT2D eigenvalue weighted by Gasteiger charge is 2.45. The topological polar surface area (TPSA) is 105 Å². The minimum absolute atomic E-state index is 0.0623. The lowest BCUT2D eigenvalue weighted by molar-refractivity contribution is -0.172. The van der Waals surface area contributed by atoms with Crippen LogP contribution in [0, 0.1) is 12.7 Å². The largest absolute Gasteiger partial charge is 0.458 e. The molecule has 0 aliphatic carbocycles. The summed E-state index contributed by atoms with van der Waals surface area (Å²) in [7, 11) is 0. The van der Waals surface area contributed by atoms with E-state index in [1.165, 1.54) is 6.07 Å². The van der Waals surface area contributed by atoms with Gasteiger partial charge in [-0.3, -0.25) is 9.69 Å². The van der Waals surface area contributed by atoms with Crippen molar-refractivity contribution in [3.63, 3.8) is 0 Å². The summed E-state index contributed by atoms with van der Waals surface area (Å²) >= 11 is 0. The van der Waals surface area contributed by atoms with E-state index in [0.29, 0.717) is 35.6 Å². The molecule has 36 heavy (non-hydrogen) atoms. The number of esters is 1. The van der Waals surface area contributed by atoms with Gasteiger partial charge in [0.05, 0.1) is 35.1 Å². The molecule has 8 nitrogen and oxygen atoms in total. The zero-order valence-electron chi connectivity index (χ0n) is 20.3. The standard InChI is InChI=1S/C27H28FN3O5/c1-3-27(35)20-8-23-24-18(12-31(23)25(33)19(20)13-36-26(27)34)17(11-30-6-4-5-15(32)10-30)16-7-14(2)21(28)9-22(16)29-24/h7-9,15,32,35H,3-6,10-13H2,1-2H3/t15-,27-/m0/s1. The van der Waals surface area contributed by atoms with Crippen molar-refractivity contribution < 1.29 is 24.1 Å². The zero-order valence-corrected chi connectivity index (χ0v) is 20.3. The van der Waals surface area contributed by atoms with Gasteiger partial charge < -0.3 is 19.5 Å². The van der Waals surface area contributed by atoms with E-state index in [1.807, 2.05) is 0 Å². The highest BCUT2D eigenvalue weighted by atomic mass is 19.1. The second-order valence-electron chi connectivity index (χ2n) is 10.2. The van der Waals surface area contributed by atoms with Gasteiger partial charge in [-0.1, -0.05) is 6.92 Å². The number of hydrogen-bond donors (Lipinski definition) is 2. The number of hydrogen-bond acceptors (Lipinski definition) is 7. The number of fused-ring (bicyclic) bond motifs is 5. The van der Waals surface area contributed by atoms with Gasteiger partial charge in [0.25, 0.3) is 5.56 Å². The van der Waals surface area contributed by atoms with Crippen LogP contribution in [0.1, 0.15) is 54.0 Å². The van der Waals surface area contributed by atoms with Gasteiger partial charge in [-0.15, -0.1) is 0 Å². The minimum Gasteiger partial charge on any atom is -0.458 e. The highest BCUT2D eigenvalue weighted by molar-refractivity contribution is 5.89. The minimum atomic E-state index is -1.90. The number of β-amino-alcohol motifs (C(OH)–C–C–N with tert-alkyl or cyclic N) is 1. The van der Waals surface area contributed by atoms with E-state index in [0.717, 1.165) is 35.9 Å². The first-order chi connectivity index (χ1) is 17.2. The van der Waals surface area contributed by atoms with Crippen molar-refractivity contribution in [3.8, 4) is 11.4 Å². The summed E-state index contributed by atoms with van der Waals surface area (Å²) in [5, 5.41) is 22.2. The molecule has 0 unspecified atom stereocenters. The molecular formula is C27H28FN3O5. The van der Waals surface area contributed by atoms with Crippen LogP contribution in [0.2, 0.25) is 0 Å². The van der Waals surface area contributed by atoms with Crippen molar-refractivity contribution >= 4 is 16.9 Å². The lowest BCUT2D eigenvalue weighted by Crippen LogP contribution is -2.44. The summed E-state index contributed by atoms with van der Waals surface area (Å²) < 4.78 is 21.4. The number of benzene rings is 1. The molecular weight excluding hydrogens is 465 g/mol. The number of aliphatic hydroxyl groups excluding tert-OH is 1. The number of ether oxygens (including phenoxy) is 1. The molecule has 1 aromatic carbocycles. The molecule has 188 valence electrons. The molecule has 3 aliphatic rings. The van der Waals surface area contributed by atoms with Gasteiger partial charge in [-0.25, -0.2) is 14.2 Å². The maximum atomic E-state index is 14.6. The number of cyclic esters (lactones) is 1. The predicted octanol–water partition coefficient (Wildman–Crippen LogP) is 2.48. The summed E-state index contributed by atoms with van der Waals surface area (Å²) in [6.45, 7) is 5.38. The lowest BCUT2D eigenvalue weighted by atomic mass is 9.86. The first kappa shape index (κ1) is 23.3. The first-order valence-electron chi connectivity index (χ1n) is 12.4. The Balaban J connectivity index is 1.58. The number of rotatable bonds is 3. The second kappa shape index (κ2) is 8.19. The van der Waals surface area contributed by atoms with E-state index >= 15 is 0 Å². The Kier molecular flexibility index (Phi) is 5.30. The van der Waals surface area contributed by atoms with Crippen LogP contribution >= 0.6 is 0 Å². The Morgan fingerprint density at radius 1 is 1.25 bits per heavy atom. The van der Waals surface area contributed by atoms with Gasteiger partial charge in [0.15, 0.2) is 5.60 Å². The number of nitrogens with zero attached hydrogens (tertiary/aromatic N) is 3. The molecule has 3 aliphatic heterocycles. The number of aryl methyl sites for hydroxylation is 1. The molecule has 0 amide bonds. The maximum Gasteiger partial charge on any atom is 0.343 e. The Hall–Kier alpha value is -3.14. The number of carbonyl (C=O) groups excluding carboxylic acids is 1. The number of piperidine rings is 1. The summed E-state index contributed by atoms with van der Waals surface area (Å²) in [6, 6.07) is 4.88. The molecule has 2 atom stereocenters. The van der Waals surface area contributed by atoms with Crippen molar-refractivity contribution in [1.82, 2.24) is 14.5 Å². The van der Waals surface area contributed by atoms with Crippen LogP contribution < -0.4 is 5.56 Å². The van der Waals surface area contributed by atoms with Gasteiger partial charge in [0.1, 0.15) is 12.4 Å². The SMILES string of the molecule is CC[C@@]1(O)C(=O)OCc2c1cc1n(c2=O)Cc2c-1nc1cc(F)c(C)cc1c2CN1CCC[C@H](O)C1. The summed E-state index contributed by atoms with van der Waals surface area (Å²) in [4.78, 5) is 33.0. The average molecular weight is 494 g/mol. The smallest absolute Gasteiger partial charge is 0.343 e. The Labute approximate surface area is 206 Å². The van der Waals surface area contributed by atoms with Crippen molar-refractivity contribution in [3.05, 3.63) is 62.2 Å². The third-order valence-corrected chi connectivity index (χ3v) is 7.95. The zero-order chi connectivity index (χ0) is 25.4. The van der Waals surface area contributed by atoms with E-state index in [2.05, 4.69) is 4.90 Å². The quantitative estimate of drug-likeness (QED) is 0.423. The number of pyridine rings is 2. The molecule has 6 rings (SSSR count). The van der Waals surface area contributed by atoms with Crippen LogP contribution in [0.15, 0.2) is 23.0 Å². The molecule has 3 aromatic rings. The number of aromatic nitrogens is 2. The maximum absolute atomic E-state index is 14.6. The van der Waals surface area contributed by atoms with Gasteiger partial charge >= 0.3 is 5.97 Å². The molecule has 2 N–H and O–H groups in total. The van der Waals surface area contributed by atoms with E-state index < -0.39 is 17.7 Å². The first-order valence-corrected chi connectivity index (χ1v) is 12.4. The lowest BCUT2D eigenvalue weighted by Gasteiger charge is -2.31. The average Bonchev–Trinajstić information content (AvgIpc) is 3.22. The van der Waals surface area contributed by atoms with E-state index in [-0.39, 0.29) is 42.1 Å². The van der Waals surface area contributed by atoms with Crippen LogP contribution in [-0.4, -0.2) is 49.8 Å². The number of halogens is 1. The van der Waals surface area contributed by atoms with Gasteiger partial charge in [0.2, 0.25) is 0 Å². The summed E-state index contributed by atoms with van der Waals surface area (Å²) in [6.07, 6.45) is 1.32. The normalized spacial score (nSPS) is 23.4. The van der Waals surface area contributed by atoms with Crippen molar-refractivity contribution in [1.29, 1.82) is 0 Å². The molecule has 0 bridgehead atoms. The van der Waals surface area contributed by atoms with Gasteiger partial charge in [0, 0.05) is 35.7 Å². The van der Waals surface area contributed by atoms with Crippen LogP contribution in [0.25, 0.3) is 22.3 Å². The van der Waals surface area contributed by atoms with E-state index in [9.17, 15) is 24.2 Å². The van der Waals surface area contributed by atoms with Crippen molar-refractivity contribution in [2.75, 3.05) is 13.1 Å². The molecule has 0 saturated carbocycles.